The van der Waals surface area contributed by atoms with Crippen LogP contribution in [0.25, 0.3) is 0 Å². The summed E-state index contributed by atoms with van der Waals surface area (Å²) in [6.07, 6.45) is 4.54. The van der Waals surface area contributed by atoms with Gasteiger partial charge in [-0.3, -0.25) is 0 Å². The third-order valence-electron chi connectivity index (χ3n) is 3.97. The fraction of sp³-hybridized carbons (Fsp3) is 0.933. The summed E-state index contributed by atoms with van der Waals surface area (Å²) in [5, 5.41) is 3.34. The summed E-state index contributed by atoms with van der Waals surface area (Å²) >= 11 is 0. The van der Waals surface area contributed by atoms with Crippen molar-refractivity contribution in [3.05, 3.63) is 0 Å². The molecule has 5 nitrogen and oxygen atoms in total. The molecule has 0 bridgehead atoms. The Hall–Kier alpha value is -0.810. The second kappa shape index (κ2) is 6.31. The predicted molar refractivity (Wildman–Crippen MR) is 77.8 cm³/mol. The number of nitrogens with one attached hydrogen (secondary N) is 1. The van der Waals surface area contributed by atoms with Crippen molar-refractivity contribution in [3.63, 3.8) is 0 Å². The van der Waals surface area contributed by atoms with Gasteiger partial charge in [-0.2, -0.15) is 0 Å². The van der Waals surface area contributed by atoms with Crippen molar-refractivity contribution < 1.29 is 14.3 Å². The van der Waals surface area contributed by atoms with Crippen LogP contribution in [-0.2, 0) is 9.47 Å². The topological polar surface area (TPSA) is 50.8 Å². The first-order valence-corrected chi connectivity index (χ1v) is 7.67. The lowest BCUT2D eigenvalue weighted by atomic mass is 9.88. The Labute approximate surface area is 122 Å². The molecule has 0 aromatic heterocycles. The molecule has 2 rings (SSSR count). The maximum atomic E-state index is 11.9. The summed E-state index contributed by atoms with van der Waals surface area (Å²) in [6.45, 7) is 7.78. The SMILES string of the molecule is CN(C(=O)OC(C)(C)C)[C@H]1C[C@H](OC2CCNCC2)C1. The highest BCUT2D eigenvalue weighted by Crippen LogP contribution is 2.30. The van der Waals surface area contributed by atoms with E-state index >= 15 is 0 Å². The van der Waals surface area contributed by atoms with E-state index in [1.165, 1.54) is 0 Å². The zero-order valence-corrected chi connectivity index (χ0v) is 13.1. The number of rotatable bonds is 3. The first-order chi connectivity index (χ1) is 9.35. The van der Waals surface area contributed by atoms with Gasteiger partial charge in [0.15, 0.2) is 0 Å². The van der Waals surface area contributed by atoms with Crippen molar-refractivity contribution in [2.24, 2.45) is 0 Å². The number of hydrogen-bond acceptors (Lipinski definition) is 4. The molecule has 1 aliphatic carbocycles. The Balaban J connectivity index is 1.68. The van der Waals surface area contributed by atoms with Crippen LogP contribution < -0.4 is 5.32 Å². The lowest BCUT2D eigenvalue weighted by Crippen LogP contribution is -2.51. The summed E-state index contributed by atoms with van der Waals surface area (Å²) in [5.74, 6) is 0. The largest absolute Gasteiger partial charge is 0.444 e. The molecule has 1 saturated heterocycles. The average molecular weight is 284 g/mol. The molecule has 20 heavy (non-hydrogen) atoms. The fourth-order valence-electron chi connectivity index (χ4n) is 2.65. The Morgan fingerprint density at radius 2 is 1.75 bits per heavy atom. The van der Waals surface area contributed by atoms with Gasteiger partial charge in [0.05, 0.1) is 12.2 Å². The molecule has 0 aromatic rings. The van der Waals surface area contributed by atoms with E-state index in [1.807, 2.05) is 27.8 Å². The number of amides is 1. The minimum Gasteiger partial charge on any atom is -0.444 e. The van der Waals surface area contributed by atoms with Crippen LogP contribution in [0.5, 0.6) is 0 Å². The Morgan fingerprint density at radius 1 is 1.15 bits per heavy atom. The van der Waals surface area contributed by atoms with Crippen molar-refractivity contribution in [2.75, 3.05) is 20.1 Å². The highest BCUT2D eigenvalue weighted by molar-refractivity contribution is 5.68. The third kappa shape index (κ3) is 4.35. The van der Waals surface area contributed by atoms with E-state index in [0.717, 1.165) is 38.8 Å². The van der Waals surface area contributed by atoms with Crippen molar-refractivity contribution >= 4 is 6.09 Å². The summed E-state index contributed by atoms with van der Waals surface area (Å²) in [7, 11) is 1.82. The van der Waals surface area contributed by atoms with Crippen LogP contribution in [-0.4, -0.2) is 55.0 Å². The normalized spacial score (nSPS) is 27.8. The van der Waals surface area contributed by atoms with Gasteiger partial charge in [0.25, 0.3) is 0 Å². The summed E-state index contributed by atoms with van der Waals surface area (Å²) < 4.78 is 11.4. The van der Waals surface area contributed by atoms with Crippen LogP contribution >= 0.6 is 0 Å². The average Bonchev–Trinajstić information content (AvgIpc) is 2.31. The number of nitrogens with zero attached hydrogens (tertiary/aromatic N) is 1. The van der Waals surface area contributed by atoms with Crippen LogP contribution in [0.4, 0.5) is 4.79 Å². The van der Waals surface area contributed by atoms with Crippen LogP contribution in [0.1, 0.15) is 46.5 Å². The minimum absolute atomic E-state index is 0.234. The first kappa shape index (κ1) is 15.6. The van der Waals surface area contributed by atoms with Gasteiger partial charge in [0.2, 0.25) is 0 Å². The molecule has 0 spiro atoms. The van der Waals surface area contributed by atoms with Crippen molar-refractivity contribution in [1.82, 2.24) is 10.2 Å². The summed E-state index contributed by atoms with van der Waals surface area (Å²) in [6, 6.07) is 0.261. The number of carbonyl (C=O) groups excluding carboxylic acids is 1. The van der Waals surface area contributed by atoms with E-state index in [4.69, 9.17) is 9.47 Å². The van der Waals surface area contributed by atoms with E-state index in [1.54, 1.807) is 4.90 Å². The fourth-order valence-corrected chi connectivity index (χ4v) is 2.65. The van der Waals surface area contributed by atoms with Gasteiger partial charge < -0.3 is 19.7 Å². The highest BCUT2D eigenvalue weighted by Gasteiger charge is 2.37. The molecule has 2 fully saturated rings. The zero-order chi connectivity index (χ0) is 14.8. The number of hydrogen-bond donors (Lipinski definition) is 1. The molecule has 0 atom stereocenters. The molecule has 0 unspecified atom stereocenters. The quantitative estimate of drug-likeness (QED) is 0.863. The molecule has 1 saturated carbocycles. The van der Waals surface area contributed by atoms with Crippen LogP contribution in [0.3, 0.4) is 0 Å². The van der Waals surface area contributed by atoms with Gasteiger partial charge in [-0.05, 0) is 59.5 Å². The molecule has 0 aromatic carbocycles. The summed E-state index contributed by atoms with van der Waals surface area (Å²) in [5.41, 5.74) is -0.430. The van der Waals surface area contributed by atoms with E-state index in [2.05, 4.69) is 5.32 Å². The molecule has 5 heteroatoms. The third-order valence-corrected chi connectivity index (χ3v) is 3.97. The van der Waals surface area contributed by atoms with Gasteiger partial charge in [0.1, 0.15) is 5.60 Å². The van der Waals surface area contributed by atoms with E-state index in [9.17, 15) is 4.79 Å². The van der Waals surface area contributed by atoms with Gasteiger partial charge in [-0.25, -0.2) is 4.79 Å². The van der Waals surface area contributed by atoms with Gasteiger partial charge in [-0.1, -0.05) is 0 Å². The number of carbonyl (C=O) groups is 1. The Kier molecular flexibility index (Phi) is 4.91. The van der Waals surface area contributed by atoms with Crippen LogP contribution in [0, 0.1) is 0 Å². The smallest absolute Gasteiger partial charge is 0.410 e. The maximum Gasteiger partial charge on any atom is 0.410 e. The van der Waals surface area contributed by atoms with Gasteiger partial charge in [0, 0.05) is 13.1 Å². The molecule has 1 heterocycles. The monoisotopic (exact) mass is 284 g/mol. The minimum atomic E-state index is -0.430. The van der Waals surface area contributed by atoms with Gasteiger partial charge >= 0.3 is 6.09 Å². The van der Waals surface area contributed by atoms with Crippen molar-refractivity contribution in [1.29, 1.82) is 0 Å². The molecule has 2 aliphatic rings. The lowest BCUT2D eigenvalue weighted by molar-refractivity contribution is -0.0921. The van der Waals surface area contributed by atoms with E-state index in [0.29, 0.717) is 12.2 Å². The Morgan fingerprint density at radius 3 is 2.30 bits per heavy atom. The molecular weight excluding hydrogens is 256 g/mol. The standard InChI is InChI=1S/C15H28N2O3/c1-15(2,3)20-14(18)17(4)11-9-13(10-11)19-12-5-7-16-8-6-12/h11-13,16H,5-10H2,1-4H3/t11-,13-. The second-order valence-corrected chi connectivity index (χ2v) is 6.92. The number of ether oxygens (including phenoxy) is 2. The van der Waals surface area contributed by atoms with Crippen LogP contribution in [0.15, 0.2) is 0 Å². The molecule has 1 aliphatic heterocycles. The first-order valence-electron chi connectivity index (χ1n) is 7.67. The lowest BCUT2D eigenvalue weighted by Gasteiger charge is -2.42. The predicted octanol–water partition coefficient (Wildman–Crippen LogP) is 2.15. The second-order valence-electron chi connectivity index (χ2n) is 6.92. The van der Waals surface area contributed by atoms with Gasteiger partial charge in [-0.15, -0.1) is 0 Å². The zero-order valence-electron chi connectivity index (χ0n) is 13.1. The van der Waals surface area contributed by atoms with E-state index in [-0.39, 0.29) is 12.1 Å². The molecule has 0 radical (unpaired) electrons. The molecule has 1 amide bonds. The molecule has 116 valence electrons. The Bertz CT molecular complexity index is 329. The highest BCUT2D eigenvalue weighted by atomic mass is 16.6. The molecule has 1 N–H and O–H groups in total. The summed E-state index contributed by atoms with van der Waals surface area (Å²) in [4.78, 5) is 13.7. The van der Waals surface area contributed by atoms with E-state index < -0.39 is 5.60 Å². The number of piperidine rings is 1. The van der Waals surface area contributed by atoms with Crippen LogP contribution in [0.2, 0.25) is 0 Å². The molecular formula is C15H28N2O3. The van der Waals surface area contributed by atoms with Crippen molar-refractivity contribution in [3.8, 4) is 0 Å². The maximum absolute atomic E-state index is 11.9. The van der Waals surface area contributed by atoms with Crippen molar-refractivity contribution in [2.45, 2.75) is 70.3 Å².